The summed E-state index contributed by atoms with van der Waals surface area (Å²) >= 11 is 0. The Morgan fingerprint density at radius 1 is 0.591 bits per heavy atom. The van der Waals surface area contributed by atoms with Gasteiger partial charge in [-0.15, -0.1) is 0 Å². The Labute approximate surface area is 135 Å². The van der Waals surface area contributed by atoms with Gasteiger partial charge in [-0.1, -0.05) is 36.4 Å². The predicted molar refractivity (Wildman–Crippen MR) is 99.0 cm³/mol. The fourth-order valence-corrected chi connectivity index (χ4v) is 2.98. The fourth-order valence-electron chi connectivity index (χ4n) is 2.98. The van der Waals surface area contributed by atoms with Gasteiger partial charge < -0.3 is 9.80 Å². The van der Waals surface area contributed by atoms with Crippen LogP contribution in [0.15, 0.2) is 48.5 Å². The van der Waals surface area contributed by atoms with Crippen LogP contribution in [0, 0.1) is 0 Å². The molecule has 0 unspecified atom stereocenters. The van der Waals surface area contributed by atoms with E-state index in [-0.39, 0.29) is 0 Å². The van der Waals surface area contributed by atoms with Crippen molar-refractivity contribution >= 4 is 11.4 Å². The molecule has 0 saturated heterocycles. The summed E-state index contributed by atoms with van der Waals surface area (Å²) in [6, 6.07) is 17.5. The molecule has 0 amide bonds. The van der Waals surface area contributed by atoms with Crippen LogP contribution in [0.2, 0.25) is 0 Å². The maximum atomic E-state index is 2.44. The average molecular weight is 296 g/mol. The molecular weight excluding hydrogens is 268 g/mol. The number of anilines is 2. The molecule has 0 atom stereocenters. The molecule has 0 radical (unpaired) electrons. The van der Waals surface area contributed by atoms with Gasteiger partial charge in [0.25, 0.3) is 0 Å². The number of hydrogen-bond acceptors (Lipinski definition) is 2. The van der Waals surface area contributed by atoms with Crippen LogP contribution in [-0.2, 0) is 0 Å². The van der Waals surface area contributed by atoms with Crippen LogP contribution in [0.25, 0.3) is 11.1 Å². The largest absolute Gasteiger partial charge is 0.370 e. The Balaban J connectivity index is 2.52. The molecule has 0 N–H and O–H groups in total. The zero-order valence-electron chi connectivity index (χ0n) is 14.3. The van der Waals surface area contributed by atoms with Gasteiger partial charge in [0, 0.05) is 26.2 Å². The normalized spacial score (nSPS) is 10.5. The zero-order valence-corrected chi connectivity index (χ0v) is 14.3. The van der Waals surface area contributed by atoms with Gasteiger partial charge in [-0.3, -0.25) is 0 Å². The Kier molecular flexibility index (Phi) is 5.88. The summed E-state index contributed by atoms with van der Waals surface area (Å²) < 4.78 is 0. The third-order valence-electron chi connectivity index (χ3n) is 4.29. The van der Waals surface area contributed by atoms with Crippen molar-refractivity contribution in [2.45, 2.75) is 27.7 Å². The summed E-state index contributed by atoms with van der Waals surface area (Å²) in [6.45, 7) is 13.0. The minimum Gasteiger partial charge on any atom is -0.370 e. The van der Waals surface area contributed by atoms with Crippen molar-refractivity contribution in [3.8, 4) is 11.1 Å². The molecular formula is C20H28N2. The van der Waals surface area contributed by atoms with Crippen molar-refractivity contribution < 1.29 is 0 Å². The molecule has 0 bridgehead atoms. The van der Waals surface area contributed by atoms with Gasteiger partial charge in [0.1, 0.15) is 0 Å². The van der Waals surface area contributed by atoms with E-state index in [2.05, 4.69) is 86.0 Å². The van der Waals surface area contributed by atoms with Crippen LogP contribution < -0.4 is 9.80 Å². The lowest BCUT2D eigenvalue weighted by atomic mass is 10.0. The van der Waals surface area contributed by atoms with Crippen molar-refractivity contribution in [3.05, 3.63) is 48.5 Å². The van der Waals surface area contributed by atoms with E-state index < -0.39 is 0 Å². The number of nitrogens with zero attached hydrogens (tertiary/aromatic N) is 2. The second kappa shape index (κ2) is 7.88. The van der Waals surface area contributed by atoms with E-state index in [9.17, 15) is 0 Å². The first kappa shape index (κ1) is 16.4. The average Bonchev–Trinajstić information content (AvgIpc) is 2.59. The molecule has 0 spiro atoms. The molecule has 0 heterocycles. The van der Waals surface area contributed by atoms with Gasteiger partial charge in [0.15, 0.2) is 0 Å². The van der Waals surface area contributed by atoms with Crippen LogP contribution in [0.1, 0.15) is 27.7 Å². The van der Waals surface area contributed by atoms with Gasteiger partial charge in [0.2, 0.25) is 0 Å². The van der Waals surface area contributed by atoms with Gasteiger partial charge >= 0.3 is 0 Å². The Bertz CT molecular complexity index is 570. The van der Waals surface area contributed by atoms with Crippen molar-refractivity contribution in [1.82, 2.24) is 0 Å². The molecule has 118 valence electrons. The topological polar surface area (TPSA) is 6.48 Å². The zero-order chi connectivity index (χ0) is 15.9. The Morgan fingerprint density at radius 3 is 1.68 bits per heavy atom. The maximum Gasteiger partial charge on any atom is 0.0610 e. The molecule has 0 aliphatic carbocycles. The first-order chi connectivity index (χ1) is 10.7. The number of benzene rings is 2. The lowest BCUT2D eigenvalue weighted by Gasteiger charge is -2.30. The van der Waals surface area contributed by atoms with Crippen LogP contribution in [-0.4, -0.2) is 26.2 Å². The molecule has 0 aromatic heterocycles. The first-order valence-corrected chi connectivity index (χ1v) is 8.44. The molecule has 0 fully saturated rings. The van der Waals surface area contributed by atoms with E-state index in [1.807, 2.05) is 0 Å². The highest BCUT2D eigenvalue weighted by Crippen LogP contribution is 2.34. The number of rotatable bonds is 7. The van der Waals surface area contributed by atoms with Gasteiger partial charge in [-0.2, -0.15) is 0 Å². The summed E-state index contributed by atoms with van der Waals surface area (Å²) in [5.74, 6) is 0. The molecule has 22 heavy (non-hydrogen) atoms. The van der Waals surface area contributed by atoms with E-state index in [4.69, 9.17) is 0 Å². The second-order valence-electron chi connectivity index (χ2n) is 5.41. The molecule has 0 aliphatic rings. The third-order valence-corrected chi connectivity index (χ3v) is 4.29. The van der Waals surface area contributed by atoms with Gasteiger partial charge in [0.05, 0.1) is 11.4 Å². The molecule has 2 nitrogen and oxygen atoms in total. The summed E-state index contributed by atoms with van der Waals surface area (Å²) in [6.07, 6.45) is 0. The maximum absolute atomic E-state index is 2.44. The second-order valence-corrected chi connectivity index (χ2v) is 5.41. The molecule has 2 aromatic carbocycles. The number of hydrogen-bond donors (Lipinski definition) is 0. The minimum absolute atomic E-state index is 1.03. The van der Waals surface area contributed by atoms with Crippen LogP contribution in [0.5, 0.6) is 0 Å². The lowest BCUT2D eigenvalue weighted by molar-refractivity contribution is 0.833. The molecule has 2 rings (SSSR count). The van der Waals surface area contributed by atoms with E-state index >= 15 is 0 Å². The van der Waals surface area contributed by atoms with Crippen molar-refractivity contribution in [1.29, 1.82) is 0 Å². The smallest absolute Gasteiger partial charge is 0.0610 e. The quantitative estimate of drug-likeness (QED) is 0.705. The van der Waals surface area contributed by atoms with Crippen molar-refractivity contribution in [2.24, 2.45) is 0 Å². The van der Waals surface area contributed by atoms with Crippen LogP contribution in [0.4, 0.5) is 11.4 Å². The monoisotopic (exact) mass is 296 g/mol. The summed E-state index contributed by atoms with van der Waals surface area (Å²) in [5.41, 5.74) is 5.25. The van der Waals surface area contributed by atoms with Gasteiger partial charge in [-0.25, -0.2) is 0 Å². The van der Waals surface area contributed by atoms with Crippen molar-refractivity contribution in [2.75, 3.05) is 36.0 Å². The minimum atomic E-state index is 1.03. The SMILES string of the molecule is CCN(CC)c1ccc(-c2ccccc2)cc1N(CC)CC. The van der Waals surface area contributed by atoms with E-state index in [1.165, 1.54) is 22.5 Å². The van der Waals surface area contributed by atoms with E-state index in [0.717, 1.165) is 26.2 Å². The van der Waals surface area contributed by atoms with E-state index in [1.54, 1.807) is 0 Å². The van der Waals surface area contributed by atoms with Gasteiger partial charge in [-0.05, 0) is 51.0 Å². The Morgan fingerprint density at radius 2 is 1.14 bits per heavy atom. The summed E-state index contributed by atoms with van der Waals surface area (Å²) in [4.78, 5) is 4.88. The Hall–Kier alpha value is -1.96. The molecule has 0 aliphatic heterocycles. The predicted octanol–water partition coefficient (Wildman–Crippen LogP) is 5.05. The summed E-state index contributed by atoms with van der Waals surface area (Å²) in [5, 5.41) is 0. The fraction of sp³-hybridized carbons (Fsp3) is 0.400. The summed E-state index contributed by atoms with van der Waals surface area (Å²) in [7, 11) is 0. The third kappa shape index (κ3) is 3.44. The standard InChI is InChI=1S/C20H28N2/c1-5-21(6-2)19-15-14-18(17-12-10-9-11-13-17)16-20(19)22(7-3)8-4/h9-16H,5-8H2,1-4H3. The highest BCUT2D eigenvalue weighted by atomic mass is 15.2. The van der Waals surface area contributed by atoms with Crippen LogP contribution >= 0.6 is 0 Å². The van der Waals surface area contributed by atoms with Crippen molar-refractivity contribution in [3.63, 3.8) is 0 Å². The highest BCUT2D eigenvalue weighted by Gasteiger charge is 2.14. The highest BCUT2D eigenvalue weighted by molar-refractivity contribution is 5.79. The van der Waals surface area contributed by atoms with Crippen LogP contribution in [0.3, 0.4) is 0 Å². The first-order valence-electron chi connectivity index (χ1n) is 8.44. The van der Waals surface area contributed by atoms with E-state index in [0.29, 0.717) is 0 Å². The lowest BCUT2D eigenvalue weighted by Crippen LogP contribution is -2.28. The molecule has 2 heteroatoms. The molecule has 2 aromatic rings. The molecule has 0 saturated carbocycles.